The first kappa shape index (κ1) is 27.7. The third kappa shape index (κ3) is 11.0. The highest BCUT2D eigenvalue weighted by atomic mass is 32.2. The summed E-state index contributed by atoms with van der Waals surface area (Å²) in [6.07, 6.45) is 9.93. The molecule has 0 saturated carbocycles. The molecule has 0 bridgehead atoms. The van der Waals surface area contributed by atoms with Crippen LogP contribution in [0, 0.1) is 5.92 Å². The lowest BCUT2D eigenvalue weighted by Gasteiger charge is -2.27. The molecule has 5 nitrogen and oxygen atoms in total. The standard InChI is InChI=1S/C27H43NO4S/c1-22(10-5-3-6-11-23-12-7-4-8-13-23)25(29)17-15-24-16-18-26(30)28(24)19-21-33-20-9-14-27(31)32-2/h4,7-8,12-13,22,24-25,29H,3,5-6,9-11,14-21H2,1-2H3/t22-,24-,25+/m0/s1. The number of nitrogens with zero attached hydrogens (tertiary/aromatic N) is 1. The molecule has 6 heteroatoms. The average Bonchev–Trinajstić information content (AvgIpc) is 3.18. The minimum Gasteiger partial charge on any atom is -0.469 e. The van der Waals surface area contributed by atoms with E-state index in [0.717, 1.165) is 63.0 Å². The summed E-state index contributed by atoms with van der Waals surface area (Å²) in [5.41, 5.74) is 1.40. The van der Waals surface area contributed by atoms with Gasteiger partial charge >= 0.3 is 5.97 Å². The largest absolute Gasteiger partial charge is 0.469 e. The molecule has 1 heterocycles. The van der Waals surface area contributed by atoms with Gasteiger partial charge in [-0.25, -0.2) is 0 Å². The van der Waals surface area contributed by atoms with Crippen molar-refractivity contribution in [2.75, 3.05) is 25.2 Å². The molecule has 2 rings (SSSR count). The van der Waals surface area contributed by atoms with Crippen LogP contribution in [0.4, 0.5) is 0 Å². The maximum Gasteiger partial charge on any atom is 0.305 e. The van der Waals surface area contributed by atoms with E-state index in [-0.39, 0.29) is 24.0 Å². The molecule has 1 N–H and O–H groups in total. The monoisotopic (exact) mass is 477 g/mol. The zero-order valence-corrected chi connectivity index (χ0v) is 21.4. The summed E-state index contributed by atoms with van der Waals surface area (Å²) >= 11 is 1.79. The van der Waals surface area contributed by atoms with Crippen molar-refractivity contribution in [1.82, 2.24) is 4.90 Å². The van der Waals surface area contributed by atoms with Crippen molar-refractivity contribution in [3.8, 4) is 0 Å². The van der Waals surface area contributed by atoms with Gasteiger partial charge in [-0.15, -0.1) is 0 Å². The maximum absolute atomic E-state index is 12.3. The second kappa shape index (κ2) is 16.2. The number of unbranched alkanes of at least 4 members (excludes halogenated alkanes) is 2. The summed E-state index contributed by atoms with van der Waals surface area (Å²) in [4.78, 5) is 25.5. The van der Waals surface area contributed by atoms with E-state index in [9.17, 15) is 14.7 Å². The number of methoxy groups -OCH3 is 1. The molecule has 186 valence electrons. The molecule has 1 aliphatic heterocycles. The number of carbonyl (C=O) groups is 2. The van der Waals surface area contributed by atoms with Gasteiger partial charge in [0, 0.05) is 31.2 Å². The Balaban J connectivity index is 1.57. The number of aryl methyl sites for hydroxylation is 1. The van der Waals surface area contributed by atoms with Gasteiger partial charge in [0.05, 0.1) is 13.2 Å². The highest BCUT2D eigenvalue weighted by molar-refractivity contribution is 7.99. The first-order chi connectivity index (χ1) is 16.0. The van der Waals surface area contributed by atoms with Gasteiger partial charge in [0.1, 0.15) is 0 Å². The van der Waals surface area contributed by atoms with Gasteiger partial charge in [-0.05, 0) is 62.2 Å². The number of benzene rings is 1. The van der Waals surface area contributed by atoms with E-state index in [1.54, 1.807) is 11.8 Å². The second-order valence-corrected chi connectivity index (χ2v) is 10.5. The average molecular weight is 478 g/mol. The van der Waals surface area contributed by atoms with Crippen LogP contribution < -0.4 is 0 Å². The zero-order valence-electron chi connectivity index (χ0n) is 20.5. The van der Waals surface area contributed by atoms with Crippen LogP contribution in [0.25, 0.3) is 0 Å². The van der Waals surface area contributed by atoms with Gasteiger partial charge in [-0.2, -0.15) is 11.8 Å². The number of aliphatic hydroxyl groups is 1. The van der Waals surface area contributed by atoms with Crippen LogP contribution in [0.15, 0.2) is 30.3 Å². The van der Waals surface area contributed by atoms with Crippen molar-refractivity contribution in [3.05, 3.63) is 35.9 Å². The molecule has 1 amide bonds. The molecular weight excluding hydrogens is 434 g/mol. The van der Waals surface area contributed by atoms with Gasteiger partial charge in [0.2, 0.25) is 5.91 Å². The SMILES string of the molecule is COC(=O)CCCSCCN1C(=O)CC[C@@H]1CC[C@@H](O)[C@@H](C)CCCCCc1ccccc1. The van der Waals surface area contributed by atoms with Gasteiger partial charge in [-0.1, -0.05) is 50.1 Å². The number of carbonyl (C=O) groups excluding carboxylic acids is 2. The summed E-state index contributed by atoms with van der Waals surface area (Å²) in [5, 5.41) is 10.7. The van der Waals surface area contributed by atoms with Crippen LogP contribution in [0.3, 0.4) is 0 Å². The van der Waals surface area contributed by atoms with Crippen molar-refractivity contribution in [2.45, 2.75) is 89.7 Å². The zero-order chi connectivity index (χ0) is 23.9. The first-order valence-corrected chi connectivity index (χ1v) is 13.8. The van der Waals surface area contributed by atoms with Crippen molar-refractivity contribution in [2.24, 2.45) is 5.92 Å². The van der Waals surface area contributed by atoms with Crippen molar-refractivity contribution >= 4 is 23.6 Å². The predicted octanol–water partition coefficient (Wildman–Crippen LogP) is 5.24. The molecule has 1 aromatic carbocycles. The van der Waals surface area contributed by atoms with E-state index in [1.165, 1.54) is 25.5 Å². The van der Waals surface area contributed by atoms with Crippen molar-refractivity contribution in [1.29, 1.82) is 0 Å². The van der Waals surface area contributed by atoms with Crippen LogP contribution in [-0.4, -0.2) is 59.2 Å². The molecule has 1 aromatic rings. The Kier molecular flexibility index (Phi) is 13.6. The Morgan fingerprint density at radius 2 is 1.94 bits per heavy atom. The topological polar surface area (TPSA) is 66.8 Å². The summed E-state index contributed by atoms with van der Waals surface area (Å²) in [6.45, 7) is 2.92. The van der Waals surface area contributed by atoms with Gasteiger partial charge in [0.15, 0.2) is 0 Å². The van der Waals surface area contributed by atoms with E-state index < -0.39 is 0 Å². The third-order valence-corrected chi connectivity index (χ3v) is 7.80. The fourth-order valence-electron chi connectivity index (χ4n) is 4.54. The van der Waals surface area contributed by atoms with E-state index in [1.807, 2.05) is 4.90 Å². The van der Waals surface area contributed by atoms with E-state index in [4.69, 9.17) is 0 Å². The Morgan fingerprint density at radius 1 is 1.15 bits per heavy atom. The molecule has 1 saturated heterocycles. The number of hydrogen-bond donors (Lipinski definition) is 1. The number of amides is 1. The lowest BCUT2D eigenvalue weighted by molar-refractivity contribution is -0.140. The van der Waals surface area contributed by atoms with E-state index >= 15 is 0 Å². The number of aliphatic hydroxyl groups excluding tert-OH is 1. The van der Waals surface area contributed by atoms with Crippen LogP contribution in [0.2, 0.25) is 0 Å². The van der Waals surface area contributed by atoms with Gasteiger partial charge in [-0.3, -0.25) is 9.59 Å². The molecular formula is C27H43NO4S. The van der Waals surface area contributed by atoms with E-state index in [0.29, 0.717) is 18.8 Å². The molecule has 0 radical (unpaired) electrons. The van der Waals surface area contributed by atoms with E-state index in [2.05, 4.69) is 42.0 Å². The quantitative estimate of drug-likeness (QED) is 0.245. The Labute approximate surface area is 204 Å². The Bertz CT molecular complexity index is 684. The minimum absolute atomic E-state index is 0.162. The number of likely N-dealkylation sites (tertiary alicyclic amines) is 1. The fraction of sp³-hybridized carbons (Fsp3) is 0.704. The number of esters is 1. The molecule has 3 atom stereocenters. The van der Waals surface area contributed by atoms with Crippen LogP contribution in [0.5, 0.6) is 0 Å². The number of ether oxygens (including phenoxy) is 1. The summed E-state index contributed by atoms with van der Waals surface area (Å²) in [5.74, 6) is 2.19. The number of thioether (sulfide) groups is 1. The maximum atomic E-state index is 12.3. The lowest BCUT2D eigenvalue weighted by atomic mass is 9.92. The predicted molar refractivity (Wildman–Crippen MR) is 136 cm³/mol. The highest BCUT2D eigenvalue weighted by Gasteiger charge is 2.31. The molecule has 0 aliphatic carbocycles. The second-order valence-electron chi connectivity index (χ2n) is 9.28. The summed E-state index contributed by atoms with van der Waals surface area (Å²) in [6, 6.07) is 10.9. The normalized spacial score (nSPS) is 17.8. The van der Waals surface area contributed by atoms with Crippen molar-refractivity contribution < 1.29 is 19.4 Å². The minimum atomic E-state index is -0.288. The fourth-order valence-corrected chi connectivity index (χ4v) is 5.42. The summed E-state index contributed by atoms with van der Waals surface area (Å²) < 4.78 is 4.66. The summed E-state index contributed by atoms with van der Waals surface area (Å²) in [7, 11) is 1.42. The highest BCUT2D eigenvalue weighted by Crippen LogP contribution is 2.26. The van der Waals surface area contributed by atoms with Crippen LogP contribution >= 0.6 is 11.8 Å². The lowest BCUT2D eigenvalue weighted by Crippen LogP contribution is -2.35. The molecule has 33 heavy (non-hydrogen) atoms. The smallest absolute Gasteiger partial charge is 0.305 e. The molecule has 0 unspecified atom stereocenters. The van der Waals surface area contributed by atoms with Crippen LogP contribution in [-0.2, 0) is 20.7 Å². The third-order valence-electron chi connectivity index (χ3n) is 6.75. The Morgan fingerprint density at radius 3 is 2.70 bits per heavy atom. The molecule has 0 aromatic heterocycles. The molecule has 1 aliphatic rings. The molecule has 1 fully saturated rings. The Hall–Kier alpha value is -1.53. The van der Waals surface area contributed by atoms with Gasteiger partial charge < -0.3 is 14.7 Å². The van der Waals surface area contributed by atoms with Gasteiger partial charge in [0.25, 0.3) is 0 Å². The molecule has 0 spiro atoms. The van der Waals surface area contributed by atoms with Crippen molar-refractivity contribution in [3.63, 3.8) is 0 Å². The number of rotatable bonds is 17. The van der Waals surface area contributed by atoms with Crippen LogP contribution in [0.1, 0.15) is 76.7 Å². The number of hydrogen-bond acceptors (Lipinski definition) is 5. The first-order valence-electron chi connectivity index (χ1n) is 12.7.